The number of Topliss-reactive ketones (excluding diaryl/α,β-unsaturated/α-hetero) is 1. The van der Waals surface area contributed by atoms with Gasteiger partial charge in [0.15, 0.2) is 17.9 Å². The second-order valence-electron chi connectivity index (χ2n) is 10.3. The molecule has 1 fully saturated rings. The number of hydrogen-bond acceptors (Lipinski definition) is 11. The van der Waals surface area contributed by atoms with E-state index in [0.717, 1.165) is 0 Å². The van der Waals surface area contributed by atoms with Crippen LogP contribution in [0.4, 0.5) is 0 Å². The number of ketones is 3. The van der Waals surface area contributed by atoms with Crippen molar-refractivity contribution in [3.63, 3.8) is 0 Å². The molecule has 5 N–H and O–H groups in total. The van der Waals surface area contributed by atoms with E-state index in [4.69, 9.17) is 24.7 Å². The summed E-state index contributed by atoms with van der Waals surface area (Å²) in [7, 11) is 2.67. The molecule has 0 saturated carbocycles. The molecular weight excluding hydrogens is 510 g/mol. The molecule has 6 atom stereocenters. The van der Waals surface area contributed by atoms with Gasteiger partial charge in [-0.15, -0.1) is 0 Å². The Labute approximate surface area is 224 Å². The Morgan fingerprint density at radius 2 is 1.85 bits per heavy atom. The summed E-state index contributed by atoms with van der Waals surface area (Å²) in [6.07, 6.45) is -4.14. The van der Waals surface area contributed by atoms with Crippen LogP contribution in [0, 0.1) is 0 Å². The zero-order chi connectivity index (χ0) is 28.4. The first-order valence-electron chi connectivity index (χ1n) is 12.6. The van der Waals surface area contributed by atoms with Crippen LogP contribution in [0.3, 0.4) is 0 Å². The molecule has 39 heavy (non-hydrogen) atoms. The lowest BCUT2D eigenvalue weighted by atomic mass is 9.72. The summed E-state index contributed by atoms with van der Waals surface area (Å²) in [5.74, 6) is -2.16. The van der Waals surface area contributed by atoms with Crippen molar-refractivity contribution in [2.45, 2.75) is 69.4 Å². The Balaban J connectivity index is 1.71. The van der Waals surface area contributed by atoms with Crippen LogP contribution >= 0.6 is 0 Å². The number of aliphatic hydroxyl groups excluding tert-OH is 1. The predicted octanol–water partition coefficient (Wildman–Crippen LogP) is 1.33. The van der Waals surface area contributed by atoms with Gasteiger partial charge in [-0.05, 0) is 19.9 Å². The average Bonchev–Trinajstić information content (AvgIpc) is 2.89. The maximum atomic E-state index is 13.8. The van der Waals surface area contributed by atoms with E-state index in [2.05, 4.69) is 0 Å². The number of carbonyl (C=O) groups excluding carboxylic acids is 3. The summed E-state index contributed by atoms with van der Waals surface area (Å²) in [5.41, 5.74) is 4.05. The van der Waals surface area contributed by atoms with Crippen molar-refractivity contribution in [3.8, 4) is 17.2 Å². The van der Waals surface area contributed by atoms with E-state index >= 15 is 0 Å². The van der Waals surface area contributed by atoms with Crippen molar-refractivity contribution in [2.24, 2.45) is 5.73 Å². The van der Waals surface area contributed by atoms with Gasteiger partial charge in [0.1, 0.15) is 22.8 Å². The van der Waals surface area contributed by atoms with Crippen LogP contribution < -0.4 is 15.2 Å². The number of benzene rings is 2. The third-order valence-electron chi connectivity index (χ3n) is 7.98. The fraction of sp³-hybridized carbons (Fsp3) is 0.464. The largest absolute Gasteiger partial charge is 0.507 e. The number of phenolic OH excluding ortho intramolecular Hbond substituents is 1. The van der Waals surface area contributed by atoms with Gasteiger partial charge in [-0.3, -0.25) is 14.4 Å². The first kappa shape index (κ1) is 27.2. The lowest BCUT2D eigenvalue weighted by Crippen LogP contribution is -2.52. The summed E-state index contributed by atoms with van der Waals surface area (Å²) in [5, 5.41) is 33.1. The van der Waals surface area contributed by atoms with Gasteiger partial charge in [0.2, 0.25) is 5.78 Å². The standard InChI is InChI=1S/C28H31NO10/c1-11-23(31)15(29)8-18(38-11)39-17-10-28(35,12(2)30)9-14-20(17)26(34)21-22(27(14)37-4)24(32)13-6-5-7-16(36-3)19(13)25(21)33/h5-7,11,15,17-18,23,31,34-35H,8-10,29H2,1-4H3/t11-,15-,17-,18-,23+,28-/m0/s1. The van der Waals surface area contributed by atoms with Gasteiger partial charge in [0, 0.05) is 42.0 Å². The molecule has 208 valence electrons. The Morgan fingerprint density at radius 1 is 1.13 bits per heavy atom. The minimum Gasteiger partial charge on any atom is -0.507 e. The summed E-state index contributed by atoms with van der Waals surface area (Å²) in [6.45, 7) is 2.86. The normalized spacial score (nSPS) is 29.8. The van der Waals surface area contributed by atoms with Crippen molar-refractivity contribution < 1.29 is 48.7 Å². The zero-order valence-corrected chi connectivity index (χ0v) is 22.0. The molecular formula is C28H31NO10. The quantitative estimate of drug-likeness (QED) is 0.367. The third kappa shape index (κ3) is 4.12. The Morgan fingerprint density at radius 3 is 2.46 bits per heavy atom. The average molecular weight is 542 g/mol. The molecule has 1 saturated heterocycles. The van der Waals surface area contributed by atoms with E-state index < -0.39 is 59.3 Å². The van der Waals surface area contributed by atoms with E-state index in [-0.39, 0.29) is 64.1 Å². The second kappa shape index (κ2) is 9.68. The number of rotatable bonds is 5. The van der Waals surface area contributed by atoms with Crippen molar-refractivity contribution in [3.05, 3.63) is 51.6 Å². The minimum atomic E-state index is -1.92. The monoisotopic (exact) mass is 541 g/mol. The first-order valence-corrected chi connectivity index (χ1v) is 12.6. The van der Waals surface area contributed by atoms with E-state index in [0.29, 0.717) is 0 Å². The van der Waals surface area contributed by atoms with Crippen molar-refractivity contribution in [1.82, 2.24) is 0 Å². The van der Waals surface area contributed by atoms with Gasteiger partial charge in [0.05, 0.1) is 49.2 Å². The van der Waals surface area contributed by atoms with Crippen LogP contribution in [0.1, 0.15) is 75.8 Å². The molecule has 1 heterocycles. The molecule has 0 bridgehead atoms. The van der Waals surface area contributed by atoms with E-state index in [1.165, 1.54) is 27.2 Å². The van der Waals surface area contributed by atoms with Crippen LogP contribution in [0.15, 0.2) is 18.2 Å². The van der Waals surface area contributed by atoms with Gasteiger partial charge < -0.3 is 40.0 Å². The molecule has 2 aromatic rings. The van der Waals surface area contributed by atoms with Crippen LogP contribution in [0.25, 0.3) is 0 Å². The number of nitrogens with two attached hydrogens (primary N) is 1. The lowest BCUT2D eigenvalue weighted by molar-refractivity contribution is -0.247. The molecule has 3 aliphatic rings. The molecule has 0 unspecified atom stereocenters. The van der Waals surface area contributed by atoms with E-state index in [1.807, 2.05) is 0 Å². The van der Waals surface area contributed by atoms with Crippen molar-refractivity contribution in [2.75, 3.05) is 14.2 Å². The predicted molar refractivity (Wildman–Crippen MR) is 135 cm³/mol. The highest BCUT2D eigenvalue weighted by Gasteiger charge is 2.49. The first-order chi connectivity index (χ1) is 18.4. The number of aromatic hydroxyl groups is 1. The highest BCUT2D eigenvalue weighted by Crippen LogP contribution is 2.52. The van der Waals surface area contributed by atoms with Gasteiger partial charge in [-0.25, -0.2) is 0 Å². The molecule has 5 rings (SSSR count). The second-order valence-corrected chi connectivity index (χ2v) is 10.3. The van der Waals surface area contributed by atoms with Crippen LogP contribution in [-0.4, -0.2) is 77.0 Å². The molecule has 0 aromatic heterocycles. The summed E-state index contributed by atoms with van der Waals surface area (Å²) in [4.78, 5) is 40.1. The van der Waals surface area contributed by atoms with Crippen molar-refractivity contribution in [1.29, 1.82) is 0 Å². The minimum absolute atomic E-state index is 0.00715. The van der Waals surface area contributed by atoms with Crippen LogP contribution in [0.5, 0.6) is 17.2 Å². The summed E-state index contributed by atoms with van der Waals surface area (Å²) < 4.78 is 22.9. The van der Waals surface area contributed by atoms with Crippen LogP contribution in [0.2, 0.25) is 0 Å². The molecule has 1 aliphatic heterocycles. The fourth-order valence-electron chi connectivity index (χ4n) is 5.87. The summed E-state index contributed by atoms with van der Waals surface area (Å²) >= 11 is 0. The van der Waals surface area contributed by atoms with Gasteiger partial charge in [-0.2, -0.15) is 0 Å². The Bertz CT molecular complexity index is 1380. The lowest BCUT2D eigenvalue weighted by Gasteiger charge is -2.42. The van der Waals surface area contributed by atoms with Gasteiger partial charge in [-0.1, -0.05) is 12.1 Å². The smallest absolute Gasteiger partial charge is 0.202 e. The highest BCUT2D eigenvalue weighted by atomic mass is 16.7. The maximum Gasteiger partial charge on any atom is 0.202 e. The highest BCUT2D eigenvalue weighted by molar-refractivity contribution is 6.31. The maximum absolute atomic E-state index is 13.8. The fourth-order valence-corrected chi connectivity index (χ4v) is 5.87. The Hall–Kier alpha value is -3.35. The van der Waals surface area contributed by atoms with Gasteiger partial charge in [0.25, 0.3) is 0 Å². The molecule has 2 aliphatic carbocycles. The third-order valence-corrected chi connectivity index (χ3v) is 7.98. The molecule has 11 heteroatoms. The van der Waals surface area contributed by atoms with Crippen LogP contribution in [-0.2, 0) is 20.7 Å². The number of carbonyl (C=O) groups is 3. The molecule has 0 radical (unpaired) electrons. The van der Waals surface area contributed by atoms with Gasteiger partial charge >= 0.3 is 0 Å². The topological polar surface area (TPSA) is 175 Å². The van der Waals surface area contributed by atoms with Crippen molar-refractivity contribution >= 4 is 17.3 Å². The molecule has 2 aromatic carbocycles. The SMILES string of the molecule is COc1cccc2c1C(=O)c1c(O)c3c(c(OC)c1C2=O)C[C@@](O)(C(C)=O)C[C@@H]3O[C@H]1C[C@H](N)[C@H](O)[C@H](C)O1. The number of hydrogen-bond donors (Lipinski definition) is 4. The number of ether oxygens (including phenoxy) is 4. The number of methoxy groups -OCH3 is 2. The molecule has 0 spiro atoms. The van der Waals surface area contributed by atoms with E-state index in [1.54, 1.807) is 19.1 Å². The van der Waals surface area contributed by atoms with E-state index in [9.17, 15) is 29.7 Å². The Kier molecular flexibility index (Phi) is 6.76. The number of aliphatic hydroxyl groups is 2. The molecule has 11 nitrogen and oxygen atoms in total. The number of fused-ring (bicyclic) bond motifs is 3. The summed E-state index contributed by atoms with van der Waals surface area (Å²) in [6, 6.07) is 3.93. The molecule has 0 amide bonds. The zero-order valence-electron chi connectivity index (χ0n) is 22.0. The number of phenols is 1.